The lowest BCUT2D eigenvalue weighted by Gasteiger charge is -2.35. The van der Waals surface area contributed by atoms with Crippen LogP contribution >= 0.6 is 23.2 Å². The first kappa shape index (κ1) is 34.0. The Kier molecular flexibility index (Phi) is 10.9. The summed E-state index contributed by atoms with van der Waals surface area (Å²) < 4.78 is 42.8. The van der Waals surface area contributed by atoms with Gasteiger partial charge in [-0.05, 0) is 74.4 Å². The number of hydrogen-bond acceptors (Lipinski definition) is 4. The quantitative estimate of drug-likeness (QED) is 0.189. The molecule has 0 fully saturated rings. The number of carbonyl (C=O) groups is 2. The highest BCUT2D eigenvalue weighted by Crippen LogP contribution is 2.33. The third-order valence-corrected chi connectivity index (χ3v) is 9.14. The first-order valence-corrected chi connectivity index (χ1v) is 16.4. The van der Waals surface area contributed by atoms with Crippen LogP contribution in [-0.2, 0) is 32.6 Å². The fourth-order valence-corrected chi connectivity index (χ4v) is 6.72. The Morgan fingerprint density at radius 3 is 2.02 bits per heavy atom. The SMILES string of the molecule is CC(C)(C)NC(=O)C(Cc1ccccc1)N(Cc1ccc(F)cc1)C(=O)CN(c1ccc(Cl)cc1Cl)S(=O)(=O)c1ccccc1. The number of carbonyl (C=O) groups excluding carboxylic acids is 2. The van der Waals surface area contributed by atoms with Gasteiger partial charge in [-0.25, -0.2) is 12.8 Å². The number of amides is 2. The molecule has 0 heterocycles. The lowest BCUT2D eigenvalue weighted by atomic mass is 10.0. The fraction of sp³-hybridized carbons (Fsp3) is 0.235. The van der Waals surface area contributed by atoms with E-state index in [1.54, 1.807) is 18.2 Å². The molecule has 45 heavy (non-hydrogen) atoms. The summed E-state index contributed by atoms with van der Waals surface area (Å²) in [7, 11) is -4.32. The lowest BCUT2D eigenvalue weighted by Crippen LogP contribution is -2.56. The lowest BCUT2D eigenvalue weighted by molar-refractivity contribution is -0.140. The molecule has 0 aromatic heterocycles. The summed E-state index contributed by atoms with van der Waals surface area (Å²) in [6, 6.07) is 25.7. The second kappa shape index (κ2) is 14.5. The highest BCUT2D eigenvalue weighted by Gasteiger charge is 2.36. The number of halogens is 3. The van der Waals surface area contributed by atoms with Gasteiger partial charge in [-0.1, -0.05) is 83.9 Å². The largest absolute Gasteiger partial charge is 0.350 e. The molecule has 4 rings (SSSR count). The van der Waals surface area contributed by atoms with E-state index >= 15 is 0 Å². The number of benzene rings is 4. The summed E-state index contributed by atoms with van der Waals surface area (Å²) >= 11 is 12.6. The third kappa shape index (κ3) is 9.06. The molecule has 0 aliphatic heterocycles. The van der Waals surface area contributed by atoms with Crippen molar-refractivity contribution in [3.8, 4) is 0 Å². The molecule has 0 aliphatic carbocycles. The Balaban J connectivity index is 1.83. The summed E-state index contributed by atoms with van der Waals surface area (Å²) in [6.07, 6.45) is 0.142. The zero-order chi connectivity index (χ0) is 32.8. The Morgan fingerprint density at radius 1 is 0.844 bits per heavy atom. The highest BCUT2D eigenvalue weighted by molar-refractivity contribution is 7.92. The van der Waals surface area contributed by atoms with Crippen LogP contribution in [0, 0.1) is 5.82 Å². The topological polar surface area (TPSA) is 86.8 Å². The van der Waals surface area contributed by atoms with Crippen molar-refractivity contribution in [2.24, 2.45) is 0 Å². The monoisotopic (exact) mass is 669 g/mol. The van der Waals surface area contributed by atoms with Gasteiger partial charge in [0.1, 0.15) is 18.4 Å². The minimum absolute atomic E-state index is 0.0196. The summed E-state index contributed by atoms with van der Waals surface area (Å²) in [6.45, 7) is 4.70. The molecule has 1 atom stereocenters. The van der Waals surface area contributed by atoms with Crippen LogP contribution in [0.5, 0.6) is 0 Å². The Morgan fingerprint density at radius 2 is 1.44 bits per heavy atom. The Hall–Kier alpha value is -3.92. The zero-order valence-corrected chi connectivity index (χ0v) is 27.4. The average Bonchev–Trinajstić information content (AvgIpc) is 2.99. The molecule has 0 saturated heterocycles. The van der Waals surface area contributed by atoms with E-state index in [0.717, 1.165) is 9.87 Å². The van der Waals surface area contributed by atoms with Gasteiger partial charge in [0.25, 0.3) is 10.0 Å². The van der Waals surface area contributed by atoms with Crippen molar-refractivity contribution in [2.45, 2.75) is 50.2 Å². The minimum Gasteiger partial charge on any atom is -0.350 e. The number of nitrogens with one attached hydrogen (secondary N) is 1. The van der Waals surface area contributed by atoms with Crippen LogP contribution in [0.1, 0.15) is 31.9 Å². The molecule has 7 nitrogen and oxygen atoms in total. The second-order valence-electron chi connectivity index (χ2n) is 11.5. The molecule has 11 heteroatoms. The predicted molar refractivity (Wildman–Crippen MR) is 176 cm³/mol. The van der Waals surface area contributed by atoms with Crippen molar-refractivity contribution < 1.29 is 22.4 Å². The number of hydrogen-bond donors (Lipinski definition) is 1. The van der Waals surface area contributed by atoms with E-state index in [1.165, 1.54) is 59.5 Å². The van der Waals surface area contributed by atoms with Gasteiger partial charge in [0.05, 0.1) is 15.6 Å². The molecule has 2 amide bonds. The predicted octanol–water partition coefficient (Wildman–Crippen LogP) is 6.88. The van der Waals surface area contributed by atoms with Gasteiger partial charge < -0.3 is 10.2 Å². The molecule has 0 bridgehead atoms. The van der Waals surface area contributed by atoms with Gasteiger partial charge in [0.2, 0.25) is 11.8 Å². The normalized spacial score (nSPS) is 12.3. The molecule has 4 aromatic carbocycles. The van der Waals surface area contributed by atoms with Crippen molar-refractivity contribution >= 4 is 50.7 Å². The van der Waals surface area contributed by atoms with E-state index in [2.05, 4.69) is 5.32 Å². The van der Waals surface area contributed by atoms with Crippen LogP contribution < -0.4 is 9.62 Å². The number of anilines is 1. The van der Waals surface area contributed by atoms with E-state index in [0.29, 0.717) is 5.56 Å². The maximum atomic E-state index is 14.5. The molecular formula is C34H34Cl2FN3O4S. The van der Waals surface area contributed by atoms with Crippen LogP contribution in [-0.4, -0.2) is 43.3 Å². The summed E-state index contributed by atoms with van der Waals surface area (Å²) in [5.41, 5.74) is 0.751. The molecule has 1 unspecified atom stereocenters. The van der Waals surface area contributed by atoms with Gasteiger partial charge in [-0.3, -0.25) is 13.9 Å². The van der Waals surface area contributed by atoms with Crippen LogP contribution in [0.4, 0.5) is 10.1 Å². The minimum atomic E-state index is -4.32. The summed E-state index contributed by atoms with van der Waals surface area (Å²) in [5.74, 6) is -1.56. The first-order chi connectivity index (χ1) is 21.2. The highest BCUT2D eigenvalue weighted by atomic mass is 35.5. The van der Waals surface area contributed by atoms with Crippen molar-refractivity contribution in [1.29, 1.82) is 0 Å². The van der Waals surface area contributed by atoms with Gasteiger partial charge in [0, 0.05) is 23.5 Å². The molecule has 1 N–H and O–H groups in total. The van der Waals surface area contributed by atoms with E-state index in [9.17, 15) is 22.4 Å². The van der Waals surface area contributed by atoms with Crippen molar-refractivity contribution in [1.82, 2.24) is 10.2 Å². The maximum absolute atomic E-state index is 14.5. The van der Waals surface area contributed by atoms with Crippen LogP contribution in [0.2, 0.25) is 10.0 Å². The molecule has 0 saturated carbocycles. The van der Waals surface area contributed by atoms with Crippen LogP contribution in [0.25, 0.3) is 0 Å². The summed E-state index contributed by atoms with van der Waals surface area (Å²) in [4.78, 5) is 29.6. The van der Waals surface area contributed by atoms with E-state index in [4.69, 9.17) is 23.2 Å². The number of rotatable bonds is 11. The molecule has 236 valence electrons. The number of nitrogens with zero attached hydrogens (tertiary/aromatic N) is 2. The van der Waals surface area contributed by atoms with Crippen molar-refractivity contribution in [3.05, 3.63) is 130 Å². The Labute approximate surface area is 273 Å². The standard InChI is InChI=1S/C34H34Cl2FN3O4S/c1-34(2,3)38-33(42)31(20-24-10-6-4-7-11-24)39(22-25-14-17-27(37)18-15-25)32(41)23-40(30-19-16-26(35)21-29(30)36)45(43,44)28-12-8-5-9-13-28/h4-19,21,31H,20,22-23H2,1-3H3,(H,38,42). The van der Waals surface area contributed by atoms with Gasteiger partial charge in [0.15, 0.2) is 0 Å². The molecule has 0 spiro atoms. The third-order valence-electron chi connectivity index (χ3n) is 6.82. The number of sulfonamides is 1. The fourth-order valence-electron chi connectivity index (χ4n) is 4.71. The van der Waals surface area contributed by atoms with Crippen molar-refractivity contribution in [2.75, 3.05) is 10.8 Å². The average molecular weight is 671 g/mol. The molecular weight excluding hydrogens is 636 g/mol. The molecule has 0 radical (unpaired) electrons. The van der Waals surface area contributed by atoms with E-state index in [1.807, 2.05) is 51.1 Å². The van der Waals surface area contributed by atoms with Gasteiger partial charge >= 0.3 is 0 Å². The van der Waals surface area contributed by atoms with Crippen LogP contribution in [0.3, 0.4) is 0 Å². The summed E-state index contributed by atoms with van der Waals surface area (Å²) in [5, 5.41) is 3.27. The van der Waals surface area contributed by atoms with E-state index in [-0.39, 0.29) is 33.6 Å². The Bertz CT molecular complexity index is 1730. The maximum Gasteiger partial charge on any atom is 0.264 e. The van der Waals surface area contributed by atoms with Crippen molar-refractivity contribution in [3.63, 3.8) is 0 Å². The first-order valence-electron chi connectivity index (χ1n) is 14.2. The van der Waals surface area contributed by atoms with E-state index < -0.39 is 45.8 Å². The smallest absolute Gasteiger partial charge is 0.264 e. The van der Waals surface area contributed by atoms with Crippen LogP contribution in [0.15, 0.2) is 108 Å². The van der Waals surface area contributed by atoms with Gasteiger partial charge in [-0.2, -0.15) is 0 Å². The second-order valence-corrected chi connectivity index (χ2v) is 14.2. The zero-order valence-electron chi connectivity index (χ0n) is 25.1. The molecule has 4 aromatic rings. The van der Waals surface area contributed by atoms with Gasteiger partial charge in [-0.15, -0.1) is 0 Å². The molecule has 0 aliphatic rings.